The van der Waals surface area contributed by atoms with Crippen molar-refractivity contribution < 1.29 is 0 Å². The molecule has 1 aromatic carbocycles. The lowest BCUT2D eigenvalue weighted by atomic mass is 9.79. The maximum atomic E-state index is 5.01. The fraction of sp³-hybridized carbons (Fsp3) is 0.588. The number of nitrogens with zero attached hydrogens (tertiary/aromatic N) is 2. The highest BCUT2D eigenvalue weighted by molar-refractivity contribution is 5.76. The average Bonchev–Trinajstić information content (AvgIpc) is 2.79. The van der Waals surface area contributed by atoms with E-state index >= 15 is 0 Å². The van der Waals surface area contributed by atoms with Crippen LogP contribution in [0.2, 0.25) is 0 Å². The van der Waals surface area contributed by atoms with E-state index in [9.17, 15) is 0 Å². The Hall–Kier alpha value is -1.35. The Labute approximate surface area is 121 Å². The number of benzene rings is 1. The van der Waals surface area contributed by atoms with E-state index in [2.05, 4.69) is 61.8 Å². The van der Waals surface area contributed by atoms with Crippen molar-refractivity contribution in [1.29, 1.82) is 0 Å². The van der Waals surface area contributed by atoms with Gasteiger partial charge in [0.25, 0.3) is 0 Å². The Morgan fingerprint density at radius 2 is 1.80 bits per heavy atom. The van der Waals surface area contributed by atoms with Crippen LogP contribution in [0.4, 0.5) is 0 Å². The van der Waals surface area contributed by atoms with Gasteiger partial charge in [-0.25, -0.2) is 4.98 Å². The molecule has 2 heterocycles. The third-order valence-corrected chi connectivity index (χ3v) is 4.48. The molecule has 0 bridgehead atoms. The van der Waals surface area contributed by atoms with E-state index in [1.807, 2.05) is 0 Å². The van der Waals surface area contributed by atoms with E-state index < -0.39 is 0 Å². The van der Waals surface area contributed by atoms with Gasteiger partial charge >= 0.3 is 0 Å². The van der Waals surface area contributed by atoms with Crippen molar-refractivity contribution in [2.24, 2.45) is 0 Å². The lowest BCUT2D eigenvalue weighted by Crippen LogP contribution is -2.41. The SMILES string of the molecule is CC1(c2nc3ccccc3n2C(C)(C)C)CCNCC1. The first-order valence-electron chi connectivity index (χ1n) is 7.61. The first-order valence-corrected chi connectivity index (χ1v) is 7.61. The van der Waals surface area contributed by atoms with Crippen molar-refractivity contribution in [3.63, 3.8) is 0 Å². The summed E-state index contributed by atoms with van der Waals surface area (Å²) in [5.74, 6) is 1.26. The van der Waals surface area contributed by atoms with Crippen LogP contribution >= 0.6 is 0 Å². The molecular weight excluding hydrogens is 246 g/mol. The molecule has 3 heteroatoms. The van der Waals surface area contributed by atoms with Crippen molar-refractivity contribution >= 4 is 11.0 Å². The zero-order chi connectivity index (χ0) is 14.4. The second-order valence-electron chi connectivity index (χ2n) is 7.24. The number of fused-ring (bicyclic) bond motifs is 1. The molecule has 2 aromatic rings. The predicted octanol–water partition coefficient (Wildman–Crippen LogP) is 3.43. The van der Waals surface area contributed by atoms with Gasteiger partial charge in [-0.15, -0.1) is 0 Å². The van der Waals surface area contributed by atoms with Gasteiger partial charge < -0.3 is 9.88 Å². The summed E-state index contributed by atoms with van der Waals surface area (Å²) in [7, 11) is 0. The molecule has 20 heavy (non-hydrogen) atoms. The van der Waals surface area contributed by atoms with Crippen LogP contribution in [-0.4, -0.2) is 22.6 Å². The Bertz CT molecular complexity index is 613. The van der Waals surface area contributed by atoms with Crippen molar-refractivity contribution in [3.05, 3.63) is 30.1 Å². The van der Waals surface area contributed by atoms with Gasteiger partial charge in [0.2, 0.25) is 0 Å². The van der Waals surface area contributed by atoms with E-state index in [-0.39, 0.29) is 11.0 Å². The lowest BCUT2D eigenvalue weighted by molar-refractivity contribution is 0.282. The minimum Gasteiger partial charge on any atom is -0.322 e. The molecule has 1 N–H and O–H groups in total. The smallest absolute Gasteiger partial charge is 0.116 e. The molecular formula is C17H25N3. The largest absolute Gasteiger partial charge is 0.322 e. The number of para-hydroxylation sites is 2. The number of imidazole rings is 1. The molecule has 1 aliphatic heterocycles. The van der Waals surface area contributed by atoms with E-state index in [0.717, 1.165) is 31.4 Å². The first-order chi connectivity index (χ1) is 9.42. The highest BCUT2D eigenvalue weighted by Crippen LogP contribution is 2.37. The van der Waals surface area contributed by atoms with Crippen molar-refractivity contribution in [3.8, 4) is 0 Å². The Morgan fingerprint density at radius 3 is 2.45 bits per heavy atom. The van der Waals surface area contributed by atoms with Gasteiger partial charge in [-0.05, 0) is 58.8 Å². The quantitative estimate of drug-likeness (QED) is 0.861. The molecule has 0 aliphatic carbocycles. The number of piperidine rings is 1. The summed E-state index contributed by atoms with van der Waals surface area (Å²) in [6, 6.07) is 8.52. The van der Waals surface area contributed by atoms with Crippen LogP contribution in [-0.2, 0) is 11.0 Å². The summed E-state index contributed by atoms with van der Waals surface area (Å²) in [6.07, 6.45) is 2.32. The zero-order valence-corrected chi connectivity index (χ0v) is 13.0. The third kappa shape index (κ3) is 2.14. The summed E-state index contributed by atoms with van der Waals surface area (Å²) in [4.78, 5) is 5.01. The van der Waals surface area contributed by atoms with E-state index in [0.29, 0.717) is 0 Å². The normalized spacial score (nSPS) is 19.4. The first kappa shape index (κ1) is 13.6. The Balaban J connectivity index is 2.24. The maximum Gasteiger partial charge on any atom is 0.116 e. The molecule has 0 saturated carbocycles. The summed E-state index contributed by atoms with van der Waals surface area (Å²) in [5, 5.41) is 3.46. The predicted molar refractivity (Wildman–Crippen MR) is 84.2 cm³/mol. The van der Waals surface area contributed by atoms with Crippen LogP contribution in [0.1, 0.15) is 46.4 Å². The van der Waals surface area contributed by atoms with Gasteiger partial charge in [0, 0.05) is 11.0 Å². The van der Waals surface area contributed by atoms with Crippen LogP contribution in [0.15, 0.2) is 24.3 Å². The molecule has 1 aliphatic rings. The Morgan fingerprint density at radius 1 is 1.15 bits per heavy atom. The highest BCUT2D eigenvalue weighted by Gasteiger charge is 2.36. The van der Waals surface area contributed by atoms with Gasteiger partial charge in [0.15, 0.2) is 0 Å². The topological polar surface area (TPSA) is 29.9 Å². The molecule has 1 aromatic heterocycles. The molecule has 0 amide bonds. The molecule has 1 fully saturated rings. The lowest BCUT2D eigenvalue weighted by Gasteiger charge is -2.37. The number of hydrogen-bond acceptors (Lipinski definition) is 2. The molecule has 3 rings (SSSR count). The molecule has 3 nitrogen and oxygen atoms in total. The van der Waals surface area contributed by atoms with Crippen molar-refractivity contribution in [2.45, 2.75) is 51.5 Å². The second kappa shape index (κ2) is 4.59. The fourth-order valence-corrected chi connectivity index (χ4v) is 3.31. The third-order valence-electron chi connectivity index (χ3n) is 4.48. The molecule has 0 unspecified atom stereocenters. The molecule has 1 saturated heterocycles. The van der Waals surface area contributed by atoms with Gasteiger partial charge in [0.1, 0.15) is 5.82 Å². The van der Waals surface area contributed by atoms with Crippen LogP contribution in [0, 0.1) is 0 Å². The van der Waals surface area contributed by atoms with Gasteiger partial charge in [0.05, 0.1) is 11.0 Å². The number of hydrogen-bond donors (Lipinski definition) is 1. The Kier molecular flexibility index (Phi) is 3.13. The van der Waals surface area contributed by atoms with Crippen LogP contribution in [0.25, 0.3) is 11.0 Å². The van der Waals surface area contributed by atoms with E-state index in [1.165, 1.54) is 11.3 Å². The average molecular weight is 271 g/mol. The fourth-order valence-electron chi connectivity index (χ4n) is 3.31. The number of aromatic nitrogens is 2. The number of rotatable bonds is 1. The highest BCUT2D eigenvalue weighted by atomic mass is 15.1. The monoisotopic (exact) mass is 271 g/mol. The number of nitrogens with one attached hydrogen (secondary N) is 1. The van der Waals surface area contributed by atoms with Gasteiger partial charge in [-0.3, -0.25) is 0 Å². The maximum absolute atomic E-state index is 5.01. The summed E-state index contributed by atoms with van der Waals surface area (Å²) in [5.41, 5.74) is 2.61. The molecule has 0 spiro atoms. The van der Waals surface area contributed by atoms with E-state index in [1.54, 1.807) is 0 Å². The minimum atomic E-state index is 0.0549. The van der Waals surface area contributed by atoms with E-state index in [4.69, 9.17) is 4.98 Å². The summed E-state index contributed by atoms with van der Waals surface area (Å²) in [6.45, 7) is 11.4. The summed E-state index contributed by atoms with van der Waals surface area (Å²) < 4.78 is 2.45. The second-order valence-corrected chi connectivity index (χ2v) is 7.24. The van der Waals surface area contributed by atoms with Crippen LogP contribution < -0.4 is 5.32 Å². The van der Waals surface area contributed by atoms with Crippen LogP contribution in [0.5, 0.6) is 0 Å². The standard InChI is InChI=1S/C17H25N3/c1-16(2,3)20-14-8-6-5-7-13(14)19-15(20)17(4)9-11-18-12-10-17/h5-8,18H,9-12H2,1-4H3. The molecule has 0 atom stereocenters. The van der Waals surface area contributed by atoms with Crippen molar-refractivity contribution in [1.82, 2.24) is 14.9 Å². The molecule has 108 valence electrons. The minimum absolute atomic E-state index is 0.0549. The van der Waals surface area contributed by atoms with Crippen molar-refractivity contribution in [2.75, 3.05) is 13.1 Å². The summed E-state index contributed by atoms with van der Waals surface area (Å²) >= 11 is 0. The van der Waals surface area contributed by atoms with Gasteiger partial charge in [-0.2, -0.15) is 0 Å². The molecule has 0 radical (unpaired) electrons. The zero-order valence-electron chi connectivity index (χ0n) is 13.0. The van der Waals surface area contributed by atoms with Gasteiger partial charge in [-0.1, -0.05) is 19.1 Å². The van der Waals surface area contributed by atoms with Crippen LogP contribution in [0.3, 0.4) is 0 Å².